The van der Waals surface area contributed by atoms with Crippen molar-refractivity contribution in [2.24, 2.45) is 46.3 Å². The first-order chi connectivity index (χ1) is 19.9. The molecule has 2 N–H and O–H groups in total. The van der Waals surface area contributed by atoms with Crippen molar-refractivity contribution in [3.63, 3.8) is 0 Å². The molecule has 1 amide bonds. The largest absolute Gasteiger partial charge is 0.462 e. The normalized spacial score (nSPS) is 36.8. The SMILES string of the molecule is CCCCCCCC(=O)OC1CCC2(C)C(CCC3C2CCC2(C)C(C(C)CCC(=O)NCCS(=O)(=O)O)CCC32)C1. The zero-order valence-corrected chi connectivity index (χ0v) is 27.7. The highest BCUT2D eigenvalue weighted by molar-refractivity contribution is 7.85. The van der Waals surface area contributed by atoms with Crippen molar-refractivity contribution in [3.05, 3.63) is 0 Å². The van der Waals surface area contributed by atoms with Crippen LogP contribution in [0.4, 0.5) is 0 Å². The molecule has 9 unspecified atom stereocenters. The van der Waals surface area contributed by atoms with Crippen LogP contribution in [0.15, 0.2) is 0 Å². The molecule has 0 aromatic heterocycles. The van der Waals surface area contributed by atoms with Gasteiger partial charge >= 0.3 is 5.97 Å². The first-order valence-electron chi connectivity index (χ1n) is 17.3. The lowest BCUT2D eigenvalue weighted by Crippen LogP contribution is -2.54. The number of carbonyl (C=O) groups is 2. The third-order valence-electron chi connectivity index (χ3n) is 12.7. The molecule has 42 heavy (non-hydrogen) atoms. The lowest BCUT2D eigenvalue weighted by atomic mass is 9.44. The molecular weight excluding hydrogens is 550 g/mol. The fraction of sp³-hybridized carbons (Fsp3) is 0.941. The van der Waals surface area contributed by atoms with E-state index in [0.29, 0.717) is 41.4 Å². The number of rotatable bonds is 14. The summed E-state index contributed by atoms with van der Waals surface area (Å²) < 4.78 is 36.7. The number of esters is 1. The molecule has 0 radical (unpaired) electrons. The van der Waals surface area contributed by atoms with Crippen molar-refractivity contribution in [3.8, 4) is 0 Å². The summed E-state index contributed by atoms with van der Waals surface area (Å²) in [4.78, 5) is 24.9. The lowest BCUT2D eigenvalue weighted by Gasteiger charge is -2.61. The number of hydrogen-bond donors (Lipinski definition) is 2. The maximum atomic E-state index is 12.5. The molecule has 4 rings (SSSR count). The fourth-order valence-electron chi connectivity index (χ4n) is 10.4. The first-order valence-corrected chi connectivity index (χ1v) is 18.9. The van der Waals surface area contributed by atoms with E-state index in [2.05, 4.69) is 33.0 Å². The van der Waals surface area contributed by atoms with Crippen molar-refractivity contribution in [2.75, 3.05) is 12.3 Å². The van der Waals surface area contributed by atoms with Crippen LogP contribution in [0.2, 0.25) is 0 Å². The second-order valence-electron chi connectivity index (χ2n) is 15.1. The Hall–Kier alpha value is -1.15. The Morgan fingerprint density at radius 2 is 1.64 bits per heavy atom. The molecule has 0 bridgehead atoms. The van der Waals surface area contributed by atoms with Gasteiger partial charge in [0.05, 0.1) is 5.75 Å². The van der Waals surface area contributed by atoms with Gasteiger partial charge in [-0.15, -0.1) is 0 Å². The number of nitrogens with one attached hydrogen (secondary N) is 1. The van der Waals surface area contributed by atoms with Crippen LogP contribution in [0.3, 0.4) is 0 Å². The molecule has 8 heteroatoms. The predicted molar refractivity (Wildman–Crippen MR) is 166 cm³/mol. The average Bonchev–Trinajstić information content (AvgIpc) is 3.28. The number of ether oxygens (including phenoxy) is 1. The summed E-state index contributed by atoms with van der Waals surface area (Å²) in [6.07, 6.45) is 18.6. The van der Waals surface area contributed by atoms with Crippen molar-refractivity contribution < 1.29 is 27.3 Å². The van der Waals surface area contributed by atoms with E-state index in [0.717, 1.165) is 49.9 Å². The molecule has 0 saturated heterocycles. The minimum Gasteiger partial charge on any atom is -0.462 e. The number of hydrogen-bond acceptors (Lipinski definition) is 5. The Bertz CT molecular complexity index is 1030. The van der Waals surface area contributed by atoms with E-state index in [1.165, 1.54) is 64.2 Å². The Morgan fingerprint density at radius 3 is 2.38 bits per heavy atom. The number of carbonyl (C=O) groups excluding carboxylic acids is 2. The van der Waals surface area contributed by atoms with E-state index in [9.17, 15) is 18.0 Å². The van der Waals surface area contributed by atoms with Crippen LogP contribution < -0.4 is 5.32 Å². The number of fused-ring (bicyclic) bond motifs is 5. The van der Waals surface area contributed by atoms with Crippen LogP contribution in [0.5, 0.6) is 0 Å². The average molecular weight is 610 g/mol. The highest BCUT2D eigenvalue weighted by Gasteiger charge is 2.60. The maximum Gasteiger partial charge on any atom is 0.306 e. The summed E-state index contributed by atoms with van der Waals surface area (Å²) in [5, 5.41) is 2.64. The fourth-order valence-corrected chi connectivity index (χ4v) is 10.7. The van der Waals surface area contributed by atoms with Gasteiger partial charge in [0.25, 0.3) is 10.1 Å². The molecule has 0 aromatic rings. The summed E-state index contributed by atoms with van der Waals surface area (Å²) in [5.74, 6) is 3.49. The van der Waals surface area contributed by atoms with Gasteiger partial charge in [-0.2, -0.15) is 8.42 Å². The van der Waals surface area contributed by atoms with Gasteiger partial charge in [0.2, 0.25) is 5.91 Å². The third kappa shape index (κ3) is 7.92. The van der Waals surface area contributed by atoms with Crippen molar-refractivity contribution in [1.29, 1.82) is 0 Å². The topological polar surface area (TPSA) is 110 Å². The zero-order chi connectivity index (χ0) is 30.5. The molecule has 4 fully saturated rings. The third-order valence-corrected chi connectivity index (χ3v) is 13.4. The Balaban J connectivity index is 1.27. The summed E-state index contributed by atoms with van der Waals surface area (Å²) in [6.45, 7) is 9.59. The Labute approximate surface area is 255 Å². The summed E-state index contributed by atoms with van der Waals surface area (Å²) in [5.41, 5.74) is 0.687. The van der Waals surface area contributed by atoms with E-state index in [-0.39, 0.29) is 24.5 Å². The summed E-state index contributed by atoms with van der Waals surface area (Å²) >= 11 is 0. The lowest BCUT2D eigenvalue weighted by molar-refractivity contribution is -0.162. The van der Waals surface area contributed by atoms with Crippen LogP contribution in [-0.2, 0) is 24.4 Å². The summed E-state index contributed by atoms with van der Waals surface area (Å²) in [7, 11) is -4.06. The highest BCUT2D eigenvalue weighted by atomic mass is 32.2. The molecule has 4 aliphatic carbocycles. The minimum atomic E-state index is -4.06. The van der Waals surface area contributed by atoms with Crippen molar-refractivity contribution in [2.45, 2.75) is 143 Å². The van der Waals surface area contributed by atoms with Crippen LogP contribution in [0, 0.1) is 46.3 Å². The van der Waals surface area contributed by atoms with Gasteiger partial charge in [-0.25, -0.2) is 0 Å². The van der Waals surface area contributed by atoms with E-state index >= 15 is 0 Å². The van der Waals surface area contributed by atoms with Gasteiger partial charge in [0, 0.05) is 19.4 Å². The molecule has 0 aromatic carbocycles. The monoisotopic (exact) mass is 609 g/mol. The van der Waals surface area contributed by atoms with Gasteiger partial charge < -0.3 is 10.1 Å². The highest BCUT2D eigenvalue weighted by Crippen LogP contribution is 2.68. The quantitative estimate of drug-likeness (QED) is 0.121. The maximum absolute atomic E-state index is 12.5. The molecule has 0 heterocycles. The van der Waals surface area contributed by atoms with Gasteiger partial charge in [-0.05, 0) is 117 Å². The smallest absolute Gasteiger partial charge is 0.306 e. The molecule has 7 nitrogen and oxygen atoms in total. The second-order valence-corrected chi connectivity index (χ2v) is 16.7. The van der Waals surface area contributed by atoms with Crippen molar-refractivity contribution in [1.82, 2.24) is 5.32 Å². The number of amides is 1. The van der Waals surface area contributed by atoms with Gasteiger partial charge in [-0.1, -0.05) is 53.4 Å². The summed E-state index contributed by atoms with van der Waals surface area (Å²) in [6, 6.07) is 0. The zero-order valence-electron chi connectivity index (χ0n) is 26.9. The minimum absolute atomic E-state index is 0.0175. The predicted octanol–water partition coefficient (Wildman–Crippen LogP) is 7.34. The van der Waals surface area contributed by atoms with Crippen molar-refractivity contribution >= 4 is 22.0 Å². The Kier molecular flexibility index (Phi) is 11.5. The van der Waals surface area contributed by atoms with Crippen LogP contribution >= 0.6 is 0 Å². The first kappa shape index (κ1) is 33.7. The number of unbranched alkanes of at least 4 members (excludes halogenated alkanes) is 4. The molecule has 0 spiro atoms. The van der Waals surface area contributed by atoms with Gasteiger partial charge in [-0.3, -0.25) is 14.1 Å². The van der Waals surface area contributed by atoms with Crippen LogP contribution in [-0.4, -0.2) is 43.2 Å². The van der Waals surface area contributed by atoms with Crippen LogP contribution in [0.25, 0.3) is 0 Å². The van der Waals surface area contributed by atoms with Gasteiger partial charge in [0.1, 0.15) is 6.10 Å². The second kappa shape index (κ2) is 14.3. The molecule has 0 aliphatic heterocycles. The van der Waals surface area contributed by atoms with E-state index in [4.69, 9.17) is 9.29 Å². The standard InChI is InChI=1S/C34H59NO6S/c1-5-6-7-8-9-10-32(37)41-26-17-19-33(3)25(23-26)12-13-27-29-15-14-28(34(29,4)20-18-30(27)33)24(2)11-16-31(36)35-21-22-42(38,39)40/h24-30H,5-23H2,1-4H3,(H,35,36)(H,38,39,40). The molecular formula is C34H59NO6S. The Morgan fingerprint density at radius 1 is 0.929 bits per heavy atom. The molecule has 4 saturated carbocycles. The molecule has 9 atom stereocenters. The molecule has 242 valence electrons. The van der Waals surface area contributed by atoms with Gasteiger partial charge in [0.15, 0.2) is 0 Å². The molecule has 4 aliphatic rings. The van der Waals surface area contributed by atoms with Crippen LogP contribution in [0.1, 0.15) is 137 Å². The van der Waals surface area contributed by atoms with E-state index < -0.39 is 15.9 Å². The van der Waals surface area contributed by atoms with E-state index in [1.54, 1.807) is 0 Å². The van der Waals surface area contributed by atoms with E-state index in [1.807, 2.05) is 0 Å².